The van der Waals surface area contributed by atoms with Gasteiger partial charge in [0.15, 0.2) is 0 Å². The number of nitrogens with one attached hydrogen (secondary N) is 1. The van der Waals surface area contributed by atoms with E-state index in [1.807, 2.05) is 0 Å². The van der Waals surface area contributed by atoms with Crippen LogP contribution in [0.25, 0.3) is 10.9 Å². The number of halogens is 2. The number of carbonyl (C=O) groups excluding carboxylic acids is 2. The van der Waals surface area contributed by atoms with Crippen LogP contribution in [0.15, 0.2) is 36.7 Å². The smallest absolute Gasteiger partial charge is 0.265 e. The van der Waals surface area contributed by atoms with E-state index in [1.54, 1.807) is 18.3 Å². The summed E-state index contributed by atoms with van der Waals surface area (Å²) in [7, 11) is 0. The summed E-state index contributed by atoms with van der Waals surface area (Å²) in [5, 5.41) is 3.51. The zero-order chi connectivity index (χ0) is 17.4. The first-order valence-electron chi connectivity index (χ1n) is 6.91. The van der Waals surface area contributed by atoms with Crippen molar-refractivity contribution in [2.45, 2.75) is 6.92 Å². The number of nitrogens with zero attached hydrogens (tertiary/aromatic N) is 2. The van der Waals surface area contributed by atoms with Crippen molar-refractivity contribution in [3.05, 3.63) is 52.3 Å². The third-order valence-corrected chi connectivity index (χ3v) is 4.04. The van der Waals surface area contributed by atoms with Gasteiger partial charge in [-0.25, -0.2) is 4.98 Å². The van der Waals surface area contributed by atoms with Crippen molar-refractivity contribution in [1.29, 1.82) is 0 Å². The Balaban J connectivity index is 2.09. The highest BCUT2D eigenvalue weighted by Crippen LogP contribution is 2.31. The maximum Gasteiger partial charge on any atom is 0.265 e. The molecule has 0 unspecified atom stereocenters. The predicted molar refractivity (Wildman–Crippen MR) is 94.6 cm³/mol. The Hall–Kier alpha value is -2.57. The van der Waals surface area contributed by atoms with Crippen LogP contribution in [0.3, 0.4) is 0 Å². The van der Waals surface area contributed by atoms with Gasteiger partial charge in [-0.05, 0) is 24.3 Å². The van der Waals surface area contributed by atoms with Crippen molar-refractivity contribution in [2.24, 2.45) is 0 Å². The summed E-state index contributed by atoms with van der Waals surface area (Å²) in [6.45, 7) is 1.37. The molecule has 0 saturated heterocycles. The summed E-state index contributed by atoms with van der Waals surface area (Å²) in [6, 6.07) is 6.33. The van der Waals surface area contributed by atoms with Gasteiger partial charge >= 0.3 is 0 Å². The third-order valence-electron chi connectivity index (χ3n) is 3.44. The second kappa shape index (κ2) is 6.14. The number of hydrogen-bond donors (Lipinski definition) is 2. The fraction of sp³-hybridized carbons (Fsp3) is 0.0625. The quantitative estimate of drug-likeness (QED) is 0.728. The monoisotopic (exact) mass is 362 g/mol. The van der Waals surface area contributed by atoms with Crippen molar-refractivity contribution >= 4 is 57.4 Å². The van der Waals surface area contributed by atoms with Gasteiger partial charge in [-0.1, -0.05) is 23.2 Å². The van der Waals surface area contributed by atoms with E-state index in [2.05, 4.69) is 10.3 Å². The first-order chi connectivity index (χ1) is 11.4. The number of anilines is 2. The summed E-state index contributed by atoms with van der Waals surface area (Å²) in [4.78, 5) is 28.0. The zero-order valence-corrected chi connectivity index (χ0v) is 14.0. The van der Waals surface area contributed by atoms with Crippen LogP contribution >= 0.6 is 23.2 Å². The number of fused-ring (bicyclic) bond motifs is 1. The standard InChI is InChI=1S/C16H12Cl2N4O2/c1-8(23)21-9-6-11(17)14(12(18)7-9)16(24)22-5-3-10-13(22)2-4-20-15(10)19/h2-7H,1H3,(H2,19,20)(H,21,23). The Kier molecular flexibility index (Phi) is 4.17. The molecule has 0 bridgehead atoms. The number of carbonyl (C=O) groups is 2. The Bertz CT molecular complexity index is 958. The summed E-state index contributed by atoms with van der Waals surface area (Å²) in [5.74, 6) is -0.335. The number of nitrogen functional groups attached to an aromatic ring is 1. The summed E-state index contributed by atoms with van der Waals surface area (Å²) >= 11 is 12.4. The van der Waals surface area contributed by atoms with Crippen molar-refractivity contribution in [2.75, 3.05) is 11.1 Å². The molecule has 122 valence electrons. The summed E-state index contributed by atoms with van der Waals surface area (Å²) in [6.07, 6.45) is 3.10. The number of hydrogen-bond acceptors (Lipinski definition) is 4. The SMILES string of the molecule is CC(=O)Nc1cc(Cl)c(C(=O)n2ccc3c(N)nccc32)c(Cl)c1. The lowest BCUT2D eigenvalue weighted by Gasteiger charge is -2.11. The normalized spacial score (nSPS) is 10.8. The Morgan fingerprint density at radius 2 is 1.88 bits per heavy atom. The molecule has 2 aromatic heterocycles. The first kappa shape index (κ1) is 16.3. The molecule has 0 spiro atoms. The molecule has 8 heteroatoms. The van der Waals surface area contributed by atoms with Crippen LogP contribution in [0.4, 0.5) is 11.5 Å². The van der Waals surface area contributed by atoms with E-state index in [9.17, 15) is 9.59 Å². The lowest BCUT2D eigenvalue weighted by molar-refractivity contribution is -0.114. The maximum atomic E-state index is 12.9. The largest absolute Gasteiger partial charge is 0.383 e. The molecule has 0 aliphatic carbocycles. The molecule has 2 heterocycles. The van der Waals surface area contributed by atoms with Crippen LogP contribution in [0.2, 0.25) is 10.0 Å². The van der Waals surface area contributed by atoms with E-state index in [1.165, 1.54) is 29.8 Å². The van der Waals surface area contributed by atoms with Gasteiger partial charge in [0.05, 0.1) is 21.1 Å². The molecule has 0 fully saturated rings. The number of benzene rings is 1. The third kappa shape index (κ3) is 2.81. The van der Waals surface area contributed by atoms with Crippen molar-refractivity contribution < 1.29 is 9.59 Å². The summed E-state index contributed by atoms with van der Waals surface area (Å²) in [5.41, 5.74) is 6.96. The van der Waals surface area contributed by atoms with Gasteiger partial charge in [0, 0.05) is 30.4 Å². The molecular weight excluding hydrogens is 351 g/mol. The topological polar surface area (TPSA) is 90.0 Å². The maximum absolute atomic E-state index is 12.9. The van der Waals surface area contributed by atoms with E-state index in [4.69, 9.17) is 28.9 Å². The number of aromatic nitrogens is 2. The van der Waals surface area contributed by atoms with E-state index < -0.39 is 5.91 Å². The lowest BCUT2D eigenvalue weighted by atomic mass is 10.1. The number of amides is 1. The van der Waals surface area contributed by atoms with Gasteiger partial charge in [-0.15, -0.1) is 0 Å². The molecule has 3 rings (SSSR count). The molecule has 0 radical (unpaired) electrons. The van der Waals surface area contributed by atoms with Gasteiger partial charge in [0.2, 0.25) is 5.91 Å². The average molecular weight is 363 g/mol. The van der Waals surface area contributed by atoms with E-state index in [-0.39, 0.29) is 21.5 Å². The highest BCUT2D eigenvalue weighted by molar-refractivity contribution is 6.40. The minimum Gasteiger partial charge on any atom is -0.383 e. The van der Waals surface area contributed by atoms with E-state index >= 15 is 0 Å². The average Bonchev–Trinajstić information content (AvgIpc) is 2.91. The molecule has 1 amide bonds. The molecular formula is C16H12Cl2N4O2. The molecule has 3 N–H and O–H groups in total. The van der Waals surface area contributed by atoms with Gasteiger partial charge < -0.3 is 11.1 Å². The molecule has 0 atom stereocenters. The first-order valence-corrected chi connectivity index (χ1v) is 7.67. The number of pyridine rings is 1. The van der Waals surface area contributed by atoms with E-state index in [0.717, 1.165) is 0 Å². The van der Waals surface area contributed by atoms with Crippen molar-refractivity contribution in [3.8, 4) is 0 Å². The highest BCUT2D eigenvalue weighted by Gasteiger charge is 2.20. The number of rotatable bonds is 2. The highest BCUT2D eigenvalue weighted by atomic mass is 35.5. The molecule has 6 nitrogen and oxygen atoms in total. The fourth-order valence-corrected chi connectivity index (χ4v) is 3.09. The van der Waals surface area contributed by atoms with Crippen molar-refractivity contribution in [1.82, 2.24) is 9.55 Å². The molecule has 0 saturated carbocycles. The molecule has 3 aromatic rings. The second-order valence-electron chi connectivity index (χ2n) is 5.12. The Morgan fingerprint density at radius 1 is 1.21 bits per heavy atom. The van der Waals surface area contributed by atoms with Gasteiger partial charge in [0.1, 0.15) is 5.82 Å². The van der Waals surface area contributed by atoms with Crippen LogP contribution in [0.5, 0.6) is 0 Å². The Morgan fingerprint density at radius 3 is 2.50 bits per heavy atom. The van der Waals surface area contributed by atoms with Gasteiger partial charge in [0.25, 0.3) is 5.91 Å². The van der Waals surface area contributed by atoms with Crippen LogP contribution in [0, 0.1) is 0 Å². The molecule has 1 aromatic carbocycles. The molecule has 24 heavy (non-hydrogen) atoms. The zero-order valence-electron chi connectivity index (χ0n) is 12.5. The van der Waals surface area contributed by atoms with Crippen LogP contribution in [0.1, 0.15) is 17.3 Å². The predicted octanol–water partition coefficient (Wildman–Crippen LogP) is 3.57. The minimum atomic E-state index is -0.403. The van der Waals surface area contributed by atoms with Crippen LogP contribution < -0.4 is 11.1 Å². The van der Waals surface area contributed by atoms with Crippen molar-refractivity contribution in [3.63, 3.8) is 0 Å². The van der Waals surface area contributed by atoms with Crippen LogP contribution in [-0.2, 0) is 4.79 Å². The van der Waals surface area contributed by atoms with Gasteiger partial charge in [-0.2, -0.15) is 0 Å². The van der Waals surface area contributed by atoms with Gasteiger partial charge in [-0.3, -0.25) is 14.2 Å². The second-order valence-corrected chi connectivity index (χ2v) is 5.93. The molecule has 0 aliphatic rings. The summed E-state index contributed by atoms with van der Waals surface area (Å²) < 4.78 is 1.40. The van der Waals surface area contributed by atoms with E-state index in [0.29, 0.717) is 22.4 Å². The number of nitrogens with two attached hydrogens (primary N) is 1. The minimum absolute atomic E-state index is 0.139. The van der Waals surface area contributed by atoms with Crippen LogP contribution in [-0.4, -0.2) is 21.4 Å². The molecule has 0 aliphatic heterocycles. The lowest BCUT2D eigenvalue weighted by Crippen LogP contribution is -2.13. The Labute approximate surface area is 147 Å². The fourth-order valence-electron chi connectivity index (χ4n) is 2.44.